The van der Waals surface area contributed by atoms with Crippen molar-refractivity contribution in [2.45, 2.75) is 19.9 Å². The van der Waals surface area contributed by atoms with Gasteiger partial charge in [0.1, 0.15) is 5.76 Å². The second kappa shape index (κ2) is 6.54. The van der Waals surface area contributed by atoms with Crippen LogP contribution in [0.1, 0.15) is 34.9 Å². The van der Waals surface area contributed by atoms with Crippen molar-refractivity contribution in [1.82, 2.24) is 15.1 Å². The summed E-state index contributed by atoms with van der Waals surface area (Å²) in [5, 5.41) is 7.09. The zero-order valence-corrected chi connectivity index (χ0v) is 13.4. The van der Waals surface area contributed by atoms with Gasteiger partial charge in [0, 0.05) is 17.8 Å². The molecule has 1 N–H and O–H groups in total. The average Bonchev–Trinajstić information content (AvgIpc) is 3.24. The molecule has 0 saturated heterocycles. The van der Waals surface area contributed by atoms with E-state index in [4.69, 9.17) is 4.42 Å². The van der Waals surface area contributed by atoms with Gasteiger partial charge in [0.2, 0.25) is 0 Å². The van der Waals surface area contributed by atoms with Gasteiger partial charge < -0.3 is 9.73 Å². The maximum Gasteiger partial charge on any atom is 0.271 e. The highest BCUT2D eigenvalue weighted by Crippen LogP contribution is 2.22. The SMILES string of the molecule is CC(C)NC(=O)c1ccn(-c2ccc(-c3ccc(C=O)o3)cc2)n1. The lowest BCUT2D eigenvalue weighted by molar-refractivity contribution is 0.0937. The number of aromatic nitrogens is 2. The first kappa shape index (κ1) is 15.7. The van der Waals surface area contributed by atoms with Gasteiger partial charge in [-0.05, 0) is 56.3 Å². The van der Waals surface area contributed by atoms with Gasteiger partial charge in [-0.1, -0.05) is 0 Å². The first-order chi connectivity index (χ1) is 11.6. The van der Waals surface area contributed by atoms with Gasteiger partial charge in [-0.2, -0.15) is 5.10 Å². The number of rotatable bonds is 5. The predicted octanol–water partition coefficient (Wildman–Crippen LogP) is 3.08. The van der Waals surface area contributed by atoms with Gasteiger partial charge in [0.05, 0.1) is 5.69 Å². The summed E-state index contributed by atoms with van der Waals surface area (Å²) in [5.41, 5.74) is 2.05. The predicted molar refractivity (Wildman–Crippen MR) is 89.3 cm³/mol. The van der Waals surface area contributed by atoms with E-state index in [1.54, 1.807) is 29.1 Å². The minimum absolute atomic E-state index is 0.0616. The molecule has 0 aliphatic carbocycles. The molecule has 122 valence electrons. The van der Waals surface area contributed by atoms with E-state index in [9.17, 15) is 9.59 Å². The molecule has 0 aliphatic heterocycles. The minimum atomic E-state index is -0.197. The maximum atomic E-state index is 11.9. The Bertz CT molecular complexity index is 860. The first-order valence-corrected chi connectivity index (χ1v) is 7.59. The summed E-state index contributed by atoms with van der Waals surface area (Å²) >= 11 is 0. The molecule has 24 heavy (non-hydrogen) atoms. The molecule has 0 atom stereocenters. The van der Waals surface area contributed by atoms with Crippen molar-refractivity contribution in [1.29, 1.82) is 0 Å². The van der Waals surface area contributed by atoms with Crippen LogP contribution in [0.3, 0.4) is 0 Å². The van der Waals surface area contributed by atoms with E-state index < -0.39 is 0 Å². The highest BCUT2D eigenvalue weighted by molar-refractivity contribution is 5.92. The molecule has 3 aromatic rings. The van der Waals surface area contributed by atoms with E-state index in [1.165, 1.54) is 0 Å². The van der Waals surface area contributed by atoms with Crippen molar-refractivity contribution < 1.29 is 14.0 Å². The van der Waals surface area contributed by atoms with Crippen LogP contribution >= 0.6 is 0 Å². The van der Waals surface area contributed by atoms with E-state index in [0.717, 1.165) is 11.3 Å². The van der Waals surface area contributed by atoms with Gasteiger partial charge in [-0.25, -0.2) is 4.68 Å². The summed E-state index contributed by atoms with van der Waals surface area (Å²) < 4.78 is 7.03. The Balaban J connectivity index is 1.79. The molecular formula is C18H17N3O3. The number of hydrogen-bond acceptors (Lipinski definition) is 4. The Kier molecular flexibility index (Phi) is 4.29. The van der Waals surface area contributed by atoms with Crippen molar-refractivity contribution in [3.63, 3.8) is 0 Å². The Morgan fingerprint density at radius 2 is 1.92 bits per heavy atom. The van der Waals surface area contributed by atoms with Crippen LogP contribution in [0.25, 0.3) is 17.0 Å². The summed E-state index contributed by atoms with van der Waals surface area (Å²) in [7, 11) is 0. The number of amides is 1. The molecule has 0 fully saturated rings. The summed E-state index contributed by atoms with van der Waals surface area (Å²) in [6, 6.07) is 12.6. The molecule has 2 heterocycles. The third-order valence-corrected chi connectivity index (χ3v) is 3.40. The van der Waals surface area contributed by atoms with Crippen molar-refractivity contribution in [3.05, 3.63) is 60.1 Å². The molecule has 1 amide bonds. The van der Waals surface area contributed by atoms with E-state index in [2.05, 4.69) is 10.4 Å². The summed E-state index contributed by atoms with van der Waals surface area (Å²) in [4.78, 5) is 22.6. The fraction of sp³-hybridized carbons (Fsp3) is 0.167. The lowest BCUT2D eigenvalue weighted by Crippen LogP contribution is -2.30. The topological polar surface area (TPSA) is 77.1 Å². The number of carbonyl (C=O) groups is 2. The van der Waals surface area contributed by atoms with E-state index >= 15 is 0 Å². The number of nitrogens with zero attached hydrogens (tertiary/aromatic N) is 2. The first-order valence-electron chi connectivity index (χ1n) is 7.59. The van der Waals surface area contributed by atoms with Crippen molar-refractivity contribution in [3.8, 4) is 17.0 Å². The molecule has 0 radical (unpaired) electrons. The quantitative estimate of drug-likeness (QED) is 0.732. The smallest absolute Gasteiger partial charge is 0.271 e. The zero-order valence-electron chi connectivity index (χ0n) is 13.4. The average molecular weight is 323 g/mol. The normalized spacial score (nSPS) is 10.8. The van der Waals surface area contributed by atoms with Gasteiger partial charge >= 0.3 is 0 Å². The molecule has 3 rings (SSSR count). The van der Waals surface area contributed by atoms with Crippen LogP contribution in [0.2, 0.25) is 0 Å². The second-order valence-corrected chi connectivity index (χ2v) is 5.64. The summed E-state index contributed by atoms with van der Waals surface area (Å²) in [5.74, 6) is 0.723. The Morgan fingerprint density at radius 1 is 1.17 bits per heavy atom. The summed E-state index contributed by atoms with van der Waals surface area (Å²) in [6.07, 6.45) is 2.41. The highest BCUT2D eigenvalue weighted by Gasteiger charge is 2.11. The van der Waals surface area contributed by atoms with Crippen LogP contribution in [-0.4, -0.2) is 28.0 Å². The largest absolute Gasteiger partial charge is 0.453 e. The number of furan rings is 1. The van der Waals surface area contributed by atoms with Gasteiger partial charge in [-0.3, -0.25) is 9.59 Å². The molecule has 0 bridgehead atoms. The Morgan fingerprint density at radius 3 is 2.54 bits per heavy atom. The molecule has 6 heteroatoms. The molecule has 0 aliphatic rings. The van der Waals surface area contributed by atoms with Crippen LogP contribution in [0.15, 0.2) is 53.1 Å². The van der Waals surface area contributed by atoms with E-state index in [1.807, 2.05) is 38.1 Å². The van der Waals surface area contributed by atoms with Gasteiger partial charge in [-0.15, -0.1) is 0 Å². The Labute approximate surface area is 139 Å². The lowest BCUT2D eigenvalue weighted by Gasteiger charge is -2.06. The Hall–Kier alpha value is -3.15. The third kappa shape index (κ3) is 3.27. The van der Waals surface area contributed by atoms with Crippen LogP contribution in [0.5, 0.6) is 0 Å². The highest BCUT2D eigenvalue weighted by atomic mass is 16.3. The van der Waals surface area contributed by atoms with Gasteiger partial charge in [0.15, 0.2) is 17.7 Å². The third-order valence-electron chi connectivity index (χ3n) is 3.40. The molecule has 0 saturated carbocycles. The van der Waals surface area contributed by atoms with Crippen LogP contribution in [-0.2, 0) is 0 Å². The van der Waals surface area contributed by atoms with Crippen LogP contribution in [0, 0.1) is 0 Å². The number of nitrogens with one attached hydrogen (secondary N) is 1. The fourth-order valence-electron chi connectivity index (χ4n) is 2.27. The second-order valence-electron chi connectivity index (χ2n) is 5.64. The molecule has 0 spiro atoms. The molecular weight excluding hydrogens is 306 g/mol. The minimum Gasteiger partial charge on any atom is -0.453 e. The van der Waals surface area contributed by atoms with E-state index in [-0.39, 0.29) is 11.9 Å². The van der Waals surface area contributed by atoms with Crippen LogP contribution < -0.4 is 5.32 Å². The summed E-state index contributed by atoms with van der Waals surface area (Å²) in [6.45, 7) is 3.80. The fourth-order valence-corrected chi connectivity index (χ4v) is 2.27. The molecule has 1 aromatic carbocycles. The van der Waals surface area contributed by atoms with E-state index in [0.29, 0.717) is 23.5 Å². The van der Waals surface area contributed by atoms with Crippen molar-refractivity contribution in [2.75, 3.05) is 0 Å². The molecule has 2 aromatic heterocycles. The number of benzene rings is 1. The monoisotopic (exact) mass is 323 g/mol. The molecule has 6 nitrogen and oxygen atoms in total. The number of aldehydes is 1. The van der Waals surface area contributed by atoms with Crippen LogP contribution in [0.4, 0.5) is 0 Å². The maximum absolute atomic E-state index is 11.9. The van der Waals surface area contributed by atoms with Crippen molar-refractivity contribution in [2.24, 2.45) is 0 Å². The molecule has 0 unspecified atom stereocenters. The number of carbonyl (C=O) groups excluding carboxylic acids is 2. The standard InChI is InChI=1S/C18H17N3O3/c1-12(2)19-18(23)16-9-10-21(20-16)14-5-3-13(4-6-14)17-8-7-15(11-22)24-17/h3-12H,1-2H3,(H,19,23). The number of hydrogen-bond donors (Lipinski definition) is 1. The lowest BCUT2D eigenvalue weighted by atomic mass is 10.1. The zero-order chi connectivity index (χ0) is 17.1. The van der Waals surface area contributed by atoms with Crippen molar-refractivity contribution >= 4 is 12.2 Å². The van der Waals surface area contributed by atoms with Gasteiger partial charge in [0.25, 0.3) is 5.91 Å².